The third-order valence-electron chi connectivity index (χ3n) is 5.45. The molecule has 11 nitrogen and oxygen atoms in total. The number of carboxylic acids is 2. The number of hydrogen-bond donors (Lipinski definition) is 5. The van der Waals surface area contributed by atoms with Crippen molar-refractivity contribution in [2.24, 2.45) is 11.1 Å². The van der Waals surface area contributed by atoms with E-state index in [0.29, 0.717) is 34.4 Å². The molecule has 0 saturated heterocycles. The maximum atomic E-state index is 11.8. The Labute approximate surface area is 232 Å². The number of fused-ring (bicyclic) bond motifs is 2. The normalized spacial score (nSPS) is 11.3. The molecule has 2 aromatic heterocycles. The van der Waals surface area contributed by atoms with Crippen LogP contribution in [0.3, 0.4) is 0 Å². The lowest BCUT2D eigenvalue weighted by Gasteiger charge is -2.19. The van der Waals surface area contributed by atoms with Gasteiger partial charge < -0.3 is 25.9 Å². The number of nitrogens with two attached hydrogens (primary N) is 1. The van der Waals surface area contributed by atoms with Crippen LogP contribution in [0.5, 0.6) is 0 Å². The molecule has 2 heterocycles. The first-order chi connectivity index (χ1) is 17.9. The smallest absolute Gasteiger partial charge is 0.323 e. The highest BCUT2D eigenvalue weighted by atomic mass is 79.9. The Morgan fingerprint density at radius 3 is 1.72 bits per heavy atom. The number of benzene rings is 2. The molecule has 0 unspecified atom stereocenters. The molecule has 2 aromatic carbocycles. The van der Waals surface area contributed by atoms with Crippen molar-refractivity contribution in [2.45, 2.75) is 53.5 Å². The van der Waals surface area contributed by atoms with Crippen LogP contribution in [0.4, 0.5) is 0 Å². The number of aryl methyl sites for hydroxylation is 2. The number of aromatic nitrogens is 4. The number of nitrogens with one attached hydrogen (secondary N) is 2. The Morgan fingerprint density at radius 1 is 0.846 bits per heavy atom. The van der Waals surface area contributed by atoms with Gasteiger partial charge in [-0.3, -0.25) is 19.2 Å². The molecule has 0 radical (unpaired) electrons. The Balaban J connectivity index is 0.000000230. The minimum atomic E-state index is -1.08. The van der Waals surface area contributed by atoms with Crippen LogP contribution < -0.4 is 16.9 Å². The van der Waals surface area contributed by atoms with Crippen molar-refractivity contribution in [3.05, 3.63) is 78.8 Å². The summed E-state index contributed by atoms with van der Waals surface area (Å²) in [6.07, 6.45) is 0.367. The van der Waals surface area contributed by atoms with Crippen LogP contribution in [-0.2, 0) is 16.0 Å². The van der Waals surface area contributed by atoms with Crippen molar-refractivity contribution in [3.63, 3.8) is 0 Å². The first-order valence-corrected chi connectivity index (χ1v) is 12.6. The Morgan fingerprint density at radius 2 is 1.28 bits per heavy atom. The van der Waals surface area contributed by atoms with Crippen LogP contribution >= 0.6 is 15.9 Å². The molecular formula is C27H32BrN5O6. The van der Waals surface area contributed by atoms with Gasteiger partial charge in [0.1, 0.15) is 17.2 Å². The van der Waals surface area contributed by atoms with E-state index in [9.17, 15) is 19.2 Å². The summed E-state index contributed by atoms with van der Waals surface area (Å²) in [5.74, 6) is -0.632. The SMILES string of the molecule is CC(C)(N)C(=O)O.Cc1nc2ccc(Br)cc2c(=O)[nH]1.Cc1nc2ccc(CC(C)(C)C(=O)O)cc2c(=O)[nH]1. The van der Waals surface area contributed by atoms with Crippen molar-refractivity contribution >= 4 is 49.7 Å². The van der Waals surface area contributed by atoms with E-state index in [1.807, 2.05) is 18.2 Å². The summed E-state index contributed by atoms with van der Waals surface area (Å²) in [7, 11) is 0. The zero-order chi connectivity index (χ0) is 29.7. The lowest BCUT2D eigenvalue weighted by atomic mass is 9.86. The second-order valence-corrected chi connectivity index (χ2v) is 11.1. The largest absolute Gasteiger partial charge is 0.481 e. The molecule has 208 valence electrons. The minimum Gasteiger partial charge on any atom is -0.481 e. The molecule has 0 fully saturated rings. The first kappa shape index (κ1) is 31.3. The number of hydrogen-bond acceptors (Lipinski definition) is 7. The highest BCUT2D eigenvalue weighted by Gasteiger charge is 2.27. The van der Waals surface area contributed by atoms with Gasteiger partial charge in [0.2, 0.25) is 0 Å². The third-order valence-corrected chi connectivity index (χ3v) is 5.94. The van der Waals surface area contributed by atoms with Gasteiger partial charge in [0, 0.05) is 4.47 Å². The number of H-pyrrole nitrogens is 2. The average Bonchev–Trinajstić information content (AvgIpc) is 2.80. The zero-order valence-electron chi connectivity index (χ0n) is 22.5. The summed E-state index contributed by atoms with van der Waals surface area (Å²) >= 11 is 3.30. The molecule has 6 N–H and O–H groups in total. The molecule has 0 amide bonds. The monoisotopic (exact) mass is 601 g/mol. The fourth-order valence-electron chi connectivity index (χ4n) is 3.23. The highest BCUT2D eigenvalue weighted by Crippen LogP contribution is 2.23. The topological polar surface area (TPSA) is 192 Å². The van der Waals surface area contributed by atoms with Crippen LogP contribution in [-0.4, -0.2) is 47.6 Å². The summed E-state index contributed by atoms with van der Waals surface area (Å²) in [4.78, 5) is 58.0. The van der Waals surface area contributed by atoms with Gasteiger partial charge in [-0.15, -0.1) is 0 Å². The maximum Gasteiger partial charge on any atom is 0.323 e. The summed E-state index contributed by atoms with van der Waals surface area (Å²) < 4.78 is 0.885. The standard InChI is InChI=1S/C14H16N2O3.C9H7BrN2O.C4H9NO2/c1-8-15-11-5-4-9(6-10(11)12(17)16-8)7-14(2,3)13(18)19;1-5-11-8-3-2-6(10)4-7(8)9(13)12-5;1-4(2,5)3(6)7/h4-6H,7H2,1-3H3,(H,18,19)(H,15,16,17);2-4H,1H3,(H,11,12,13);5H2,1-2H3,(H,6,7). The molecule has 0 aliphatic carbocycles. The van der Waals surface area contributed by atoms with Gasteiger partial charge in [-0.2, -0.15) is 0 Å². The Kier molecular flexibility index (Phi) is 9.88. The highest BCUT2D eigenvalue weighted by molar-refractivity contribution is 9.10. The summed E-state index contributed by atoms with van der Waals surface area (Å²) in [5.41, 5.74) is 5.01. The Hall–Kier alpha value is -3.90. The lowest BCUT2D eigenvalue weighted by molar-refractivity contribution is -0.146. The van der Waals surface area contributed by atoms with Gasteiger partial charge in [0.25, 0.3) is 11.1 Å². The van der Waals surface area contributed by atoms with Crippen LogP contribution in [0.2, 0.25) is 0 Å². The fraction of sp³-hybridized carbons (Fsp3) is 0.333. The number of rotatable bonds is 4. The fourth-order valence-corrected chi connectivity index (χ4v) is 3.59. The van der Waals surface area contributed by atoms with E-state index >= 15 is 0 Å². The molecule has 0 aliphatic heterocycles. The quantitative estimate of drug-likeness (QED) is 0.232. The minimum absolute atomic E-state index is 0.0937. The van der Waals surface area contributed by atoms with E-state index in [1.54, 1.807) is 45.9 Å². The Bertz CT molecular complexity index is 1640. The zero-order valence-corrected chi connectivity index (χ0v) is 24.1. The van der Waals surface area contributed by atoms with Gasteiger partial charge in [-0.1, -0.05) is 22.0 Å². The van der Waals surface area contributed by atoms with Crippen molar-refractivity contribution in [3.8, 4) is 0 Å². The maximum absolute atomic E-state index is 11.8. The molecule has 0 atom stereocenters. The number of halogens is 1. The molecule has 39 heavy (non-hydrogen) atoms. The number of carboxylic acid groups (broad SMARTS) is 2. The van der Waals surface area contributed by atoms with Gasteiger partial charge in [-0.05, 0) is 83.9 Å². The molecule has 4 aromatic rings. The number of aliphatic carboxylic acids is 2. The van der Waals surface area contributed by atoms with E-state index in [-0.39, 0.29) is 11.1 Å². The second-order valence-electron chi connectivity index (χ2n) is 10.2. The van der Waals surface area contributed by atoms with Crippen molar-refractivity contribution in [2.75, 3.05) is 0 Å². The number of aromatic amines is 2. The summed E-state index contributed by atoms with van der Waals surface area (Å²) in [5, 5.41) is 18.4. The van der Waals surface area contributed by atoms with Crippen molar-refractivity contribution < 1.29 is 19.8 Å². The molecule has 0 spiro atoms. The van der Waals surface area contributed by atoms with Gasteiger partial charge in [0.05, 0.1) is 27.2 Å². The van der Waals surface area contributed by atoms with Crippen LogP contribution in [0, 0.1) is 19.3 Å². The summed E-state index contributed by atoms with van der Waals surface area (Å²) in [6.45, 7) is 9.70. The number of nitrogens with zero attached hydrogens (tertiary/aromatic N) is 2. The van der Waals surface area contributed by atoms with E-state index in [1.165, 1.54) is 13.8 Å². The van der Waals surface area contributed by atoms with Gasteiger partial charge in [-0.25, -0.2) is 9.97 Å². The van der Waals surface area contributed by atoms with Crippen LogP contribution in [0.25, 0.3) is 21.8 Å². The first-order valence-electron chi connectivity index (χ1n) is 11.8. The predicted octanol–water partition coefficient (Wildman–Crippen LogP) is 3.69. The van der Waals surface area contributed by atoms with E-state index in [2.05, 4.69) is 35.9 Å². The number of carbonyl (C=O) groups is 2. The molecule has 0 aliphatic rings. The van der Waals surface area contributed by atoms with E-state index in [0.717, 1.165) is 15.6 Å². The molecule has 0 bridgehead atoms. The van der Waals surface area contributed by atoms with Crippen LogP contribution in [0.1, 0.15) is 44.9 Å². The average molecular weight is 602 g/mol. The molecule has 0 saturated carbocycles. The predicted molar refractivity (Wildman–Crippen MR) is 153 cm³/mol. The molecule has 12 heteroatoms. The van der Waals surface area contributed by atoms with E-state index in [4.69, 9.17) is 15.9 Å². The second kappa shape index (κ2) is 12.3. The molecule has 4 rings (SSSR count). The van der Waals surface area contributed by atoms with Crippen molar-refractivity contribution in [1.29, 1.82) is 0 Å². The van der Waals surface area contributed by atoms with Gasteiger partial charge in [0.15, 0.2) is 0 Å². The third kappa shape index (κ3) is 8.82. The molecular weight excluding hydrogens is 570 g/mol. The lowest BCUT2D eigenvalue weighted by Crippen LogP contribution is -2.41. The van der Waals surface area contributed by atoms with Crippen LogP contribution in [0.15, 0.2) is 50.5 Å². The van der Waals surface area contributed by atoms with Gasteiger partial charge >= 0.3 is 11.9 Å². The summed E-state index contributed by atoms with van der Waals surface area (Å²) in [6, 6.07) is 10.7. The van der Waals surface area contributed by atoms with Crippen molar-refractivity contribution in [1.82, 2.24) is 19.9 Å². The van der Waals surface area contributed by atoms with E-state index < -0.39 is 22.9 Å².